The smallest absolute Gasteiger partial charge is 0.187 e. The fourth-order valence-corrected chi connectivity index (χ4v) is 1.89. The molecule has 1 N–H and O–H groups in total. The van der Waals surface area contributed by atoms with Gasteiger partial charge in [-0.05, 0) is 32.0 Å². The fourth-order valence-electron chi connectivity index (χ4n) is 1.08. The van der Waals surface area contributed by atoms with Crippen LogP contribution < -0.4 is 5.32 Å². The van der Waals surface area contributed by atoms with Crippen molar-refractivity contribution >= 4 is 11.8 Å². The van der Waals surface area contributed by atoms with E-state index in [-0.39, 0.29) is 0 Å². The van der Waals surface area contributed by atoms with Crippen molar-refractivity contribution in [2.75, 3.05) is 19.3 Å². The van der Waals surface area contributed by atoms with E-state index in [0.29, 0.717) is 5.92 Å². The number of aromatic nitrogens is 2. The van der Waals surface area contributed by atoms with Gasteiger partial charge in [-0.25, -0.2) is 9.97 Å². The molecule has 1 aromatic heterocycles. The lowest BCUT2D eigenvalue weighted by Gasteiger charge is -2.08. The number of hydrogen-bond acceptors (Lipinski definition) is 4. The summed E-state index contributed by atoms with van der Waals surface area (Å²) in [5, 5.41) is 4.03. The lowest BCUT2D eigenvalue weighted by atomic mass is 10.2. The Morgan fingerprint density at radius 3 is 2.64 bits per heavy atom. The monoisotopic (exact) mass is 211 g/mol. The molecule has 0 fully saturated rings. The van der Waals surface area contributed by atoms with Crippen LogP contribution in [-0.4, -0.2) is 29.3 Å². The summed E-state index contributed by atoms with van der Waals surface area (Å²) in [6, 6.07) is 0. The second-order valence-electron chi connectivity index (χ2n) is 3.52. The van der Waals surface area contributed by atoms with Gasteiger partial charge in [-0.1, -0.05) is 18.7 Å². The van der Waals surface area contributed by atoms with E-state index in [4.69, 9.17) is 0 Å². The number of nitrogens with one attached hydrogen (secondary N) is 1. The third-order valence-electron chi connectivity index (χ3n) is 1.81. The van der Waals surface area contributed by atoms with Crippen LogP contribution in [0.3, 0.4) is 0 Å². The van der Waals surface area contributed by atoms with Gasteiger partial charge >= 0.3 is 0 Å². The van der Waals surface area contributed by atoms with Gasteiger partial charge < -0.3 is 5.32 Å². The summed E-state index contributed by atoms with van der Waals surface area (Å²) < 4.78 is 0. The molecule has 1 atom stereocenters. The van der Waals surface area contributed by atoms with Gasteiger partial charge in [-0.2, -0.15) is 0 Å². The number of hydrogen-bond donors (Lipinski definition) is 1. The van der Waals surface area contributed by atoms with Gasteiger partial charge in [0.15, 0.2) is 5.16 Å². The Morgan fingerprint density at radius 1 is 1.43 bits per heavy atom. The van der Waals surface area contributed by atoms with Crippen molar-refractivity contribution in [2.45, 2.75) is 19.0 Å². The van der Waals surface area contributed by atoms with E-state index >= 15 is 0 Å². The molecule has 0 spiro atoms. The van der Waals surface area contributed by atoms with E-state index in [1.54, 1.807) is 11.8 Å². The van der Waals surface area contributed by atoms with Crippen molar-refractivity contribution in [3.8, 4) is 0 Å². The Kier molecular flexibility index (Phi) is 4.90. The first kappa shape index (κ1) is 11.5. The maximum atomic E-state index is 4.24. The fraction of sp³-hybridized carbons (Fsp3) is 0.600. The first-order valence-electron chi connectivity index (χ1n) is 4.78. The molecule has 0 aliphatic carbocycles. The minimum absolute atomic E-state index is 0.648. The Bertz CT molecular complexity index is 261. The molecule has 78 valence electrons. The van der Waals surface area contributed by atoms with Gasteiger partial charge in [-0.15, -0.1) is 0 Å². The minimum Gasteiger partial charge on any atom is -0.319 e. The summed E-state index contributed by atoms with van der Waals surface area (Å²) in [6.45, 7) is 5.26. The maximum absolute atomic E-state index is 4.24. The largest absolute Gasteiger partial charge is 0.319 e. The zero-order valence-electron chi connectivity index (χ0n) is 8.95. The van der Waals surface area contributed by atoms with Gasteiger partial charge in [0.2, 0.25) is 0 Å². The summed E-state index contributed by atoms with van der Waals surface area (Å²) >= 11 is 1.71. The topological polar surface area (TPSA) is 37.8 Å². The molecule has 4 heteroatoms. The molecule has 3 nitrogen and oxygen atoms in total. The van der Waals surface area contributed by atoms with E-state index < -0.39 is 0 Å². The number of rotatable bonds is 5. The standard InChI is InChI=1S/C10H17N3S/c1-8-5-12-10(13-6-8)14-7-9(2)4-11-3/h5-6,9,11H,4,7H2,1-3H3. The average molecular weight is 211 g/mol. The van der Waals surface area contributed by atoms with E-state index in [2.05, 4.69) is 22.2 Å². The first-order chi connectivity index (χ1) is 6.72. The summed E-state index contributed by atoms with van der Waals surface area (Å²) in [5.74, 6) is 1.71. The highest BCUT2D eigenvalue weighted by molar-refractivity contribution is 7.99. The van der Waals surface area contributed by atoms with Crippen molar-refractivity contribution in [3.05, 3.63) is 18.0 Å². The molecule has 1 aromatic rings. The molecule has 0 aliphatic rings. The zero-order chi connectivity index (χ0) is 10.4. The predicted molar refractivity (Wildman–Crippen MR) is 60.6 cm³/mol. The van der Waals surface area contributed by atoms with Gasteiger partial charge in [0, 0.05) is 18.1 Å². The zero-order valence-corrected chi connectivity index (χ0v) is 9.77. The van der Waals surface area contributed by atoms with Crippen molar-refractivity contribution < 1.29 is 0 Å². The Hall–Kier alpha value is -0.610. The van der Waals surface area contributed by atoms with Crippen LogP contribution in [0.25, 0.3) is 0 Å². The molecule has 0 radical (unpaired) electrons. The van der Waals surface area contributed by atoms with Crippen LogP contribution in [0.4, 0.5) is 0 Å². The van der Waals surface area contributed by atoms with E-state index in [0.717, 1.165) is 23.0 Å². The summed E-state index contributed by atoms with van der Waals surface area (Å²) in [6.07, 6.45) is 3.72. The number of nitrogens with zero attached hydrogens (tertiary/aromatic N) is 2. The molecule has 0 saturated carbocycles. The quantitative estimate of drug-likeness (QED) is 0.594. The highest BCUT2D eigenvalue weighted by Gasteiger charge is 2.03. The van der Waals surface area contributed by atoms with Crippen LogP contribution >= 0.6 is 11.8 Å². The highest BCUT2D eigenvalue weighted by atomic mass is 32.2. The maximum Gasteiger partial charge on any atom is 0.187 e. The van der Waals surface area contributed by atoms with E-state index in [1.807, 2.05) is 26.4 Å². The first-order valence-corrected chi connectivity index (χ1v) is 5.77. The van der Waals surface area contributed by atoms with Crippen LogP contribution in [0.5, 0.6) is 0 Å². The molecule has 0 aliphatic heterocycles. The minimum atomic E-state index is 0.648. The SMILES string of the molecule is CNCC(C)CSc1ncc(C)cn1. The second kappa shape index (κ2) is 5.98. The summed E-state index contributed by atoms with van der Waals surface area (Å²) in [5.41, 5.74) is 1.11. The van der Waals surface area contributed by atoms with Gasteiger partial charge in [0.05, 0.1) is 0 Å². The third-order valence-corrected chi connectivity index (χ3v) is 3.01. The molecule has 0 saturated heterocycles. The van der Waals surface area contributed by atoms with Crippen LogP contribution in [0.1, 0.15) is 12.5 Å². The third kappa shape index (κ3) is 4.07. The number of aryl methyl sites for hydroxylation is 1. The lowest BCUT2D eigenvalue weighted by Crippen LogP contribution is -2.17. The summed E-state index contributed by atoms with van der Waals surface area (Å²) in [7, 11) is 1.98. The Morgan fingerprint density at radius 2 is 2.07 bits per heavy atom. The van der Waals surface area contributed by atoms with Crippen LogP contribution in [0.15, 0.2) is 17.6 Å². The normalized spacial score (nSPS) is 12.8. The molecular formula is C10H17N3S. The van der Waals surface area contributed by atoms with Crippen LogP contribution in [0.2, 0.25) is 0 Å². The van der Waals surface area contributed by atoms with Crippen LogP contribution in [-0.2, 0) is 0 Å². The van der Waals surface area contributed by atoms with E-state index in [1.165, 1.54) is 0 Å². The Balaban J connectivity index is 2.34. The summed E-state index contributed by atoms with van der Waals surface area (Å²) in [4.78, 5) is 8.48. The lowest BCUT2D eigenvalue weighted by molar-refractivity contribution is 0.603. The second-order valence-corrected chi connectivity index (χ2v) is 4.50. The van der Waals surface area contributed by atoms with Crippen LogP contribution in [0, 0.1) is 12.8 Å². The number of thioether (sulfide) groups is 1. The molecule has 1 rings (SSSR count). The average Bonchev–Trinajstić information content (AvgIpc) is 2.17. The van der Waals surface area contributed by atoms with Gasteiger partial charge in [0.1, 0.15) is 0 Å². The highest BCUT2D eigenvalue weighted by Crippen LogP contribution is 2.15. The van der Waals surface area contributed by atoms with Crippen molar-refractivity contribution in [1.29, 1.82) is 0 Å². The molecule has 0 amide bonds. The van der Waals surface area contributed by atoms with Gasteiger partial charge in [-0.3, -0.25) is 0 Å². The predicted octanol–water partition coefficient (Wildman–Crippen LogP) is 1.73. The van der Waals surface area contributed by atoms with Crippen molar-refractivity contribution in [1.82, 2.24) is 15.3 Å². The van der Waals surface area contributed by atoms with Crippen molar-refractivity contribution in [2.24, 2.45) is 5.92 Å². The van der Waals surface area contributed by atoms with Gasteiger partial charge in [0.25, 0.3) is 0 Å². The van der Waals surface area contributed by atoms with E-state index in [9.17, 15) is 0 Å². The molecule has 14 heavy (non-hydrogen) atoms. The molecule has 0 aromatic carbocycles. The molecule has 1 heterocycles. The Labute approximate surface area is 89.7 Å². The molecular weight excluding hydrogens is 194 g/mol. The molecule has 0 bridgehead atoms. The van der Waals surface area contributed by atoms with Crippen molar-refractivity contribution in [3.63, 3.8) is 0 Å². The molecule has 1 unspecified atom stereocenters.